The topological polar surface area (TPSA) is 178 Å². The van der Waals surface area contributed by atoms with E-state index in [1.165, 1.54) is 11.1 Å². The molecule has 6 N–H and O–H groups in total. The van der Waals surface area contributed by atoms with Crippen LogP contribution in [0, 0.1) is 0 Å². The Morgan fingerprint density at radius 3 is 1.21 bits per heavy atom. The molecule has 0 aromatic heterocycles. The molecule has 0 saturated heterocycles. The van der Waals surface area contributed by atoms with E-state index in [9.17, 15) is 0 Å². The summed E-state index contributed by atoms with van der Waals surface area (Å²) < 4.78 is 4.71. The van der Waals surface area contributed by atoms with Gasteiger partial charge in [0.1, 0.15) is 24.4 Å². The second kappa shape index (κ2) is 17.4. The molecule has 0 unspecified atom stereocenters. The van der Waals surface area contributed by atoms with E-state index in [-0.39, 0.29) is 29.2 Å². The van der Waals surface area contributed by atoms with Crippen LogP contribution in [-0.4, -0.2) is 76.9 Å². The molecule has 0 fully saturated rings. The van der Waals surface area contributed by atoms with Crippen molar-refractivity contribution in [3.63, 3.8) is 0 Å². The molecule has 0 aliphatic heterocycles. The molecule has 8 nitrogen and oxygen atoms in total. The van der Waals surface area contributed by atoms with Crippen LogP contribution in [0.4, 0.5) is 0 Å². The summed E-state index contributed by atoms with van der Waals surface area (Å²) in [7, 11) is 0. The van der Waals surface area contributed by atoms with Crippen LogP contribution >= 0.6 is 0 Å². The first kappa shape index (κ1) is 29.8. The first-order valence-electron chi connectivity index (χ1n) is 8.46. The summed E-state index contributed by atoms with van der Waals surface area (Å²) in [5.74, 6) is 0. The fourth-order valence-electron chi connectivity index (χ4n) is 2.00. The van der Waals surface area contributed by atoms with Gasteiger partial charge in [-0.3, -0.25) is 0 Å². The zero-order valence-corrected chi connectivity index (χ0v) is 17.2. The minimum atomic E-state index is -1.67. The van der Waals surface area contributed by atoms with Crippen LogP contribution in [0.2, 0.25) is 0 Å². The molecule has 2 aromatic rings. The summed E-state index contributed by atoms with van der Waals surface area (Å²) in [4.78, 5) is 0. The Bertz CT molecular complexity index is 635. The number of aliphatic hydroxyl groups is 6. The van der Waals surface area contributed by atoms with Gasteiger partial charge in [0, 0.05) is 0 Å². The largest absolute Gasteiger partial charge is 2.00 e. The molecule has 4 atom stereocenters. The first-order valence-corrected chi connectivity index (χ1v) is 10.3. The third-order valence-corrected chi connectivity index (χ3v) is 5.17. The van der Waals surface area contributed by atoms with Gasteiger partial charge >= 0.3 is 98.6 Å². The van der Waals surface area contributed by atoms with Gasteiger partial charge in [-0.25, -0.2) is 0 Å². The molecular formula is C20H26O8Ti. The van der Waals surface area contributed by atoms with Crippen molar-refractivity contribution in [2.45, 2.75) is 24.4 Å². The van der Waals surface area contributed by atoms with E-state index in [1.807, 2.05) is 0 Å². The Morgan fingerprint density at radius 1 is 0.621 bits per heavy atom. The Hall–Kier alpha value is -1.43. The predicted octanol–water partition coefficient (Wildman–Crippen LogP) is -1.05. The van der Waals surface area contributed by atoms with Gasteiger partial charge < -0.3 is 41.6 Å². The number of benzene rings is 2. The normalized spacial score (nSPS) is 14.0. The van der Waals surface area contributed by atoms with Gasteiger partial charge in [0.15, 0.2) is 0 Å². The third-order valence-electron chi connectivity index (χ3n) is 3.61. The van der Waals surface area contributed by atoms with Gasteiger partial charge in [0.2, 0.25) is 0 Å². The van der Waals surface area contributed by atoms with E-state index in [2.05, 4.69) is 69.3 Å². The maximum absolute atomic E-state index is 8.96. The van der Waals surface area contributed by atoms with Crippen molar-refractivity contribution < 1.29 is 59.8 Å². The van der Waals surface area contributed by atoms with E-state index < -0.39 is 37.6 Å². The summed E-state index contributed by atoms with van der Waals surface area (Å²) in [5, 5.41) is 52.2. The zero-order chi connectivity index (χ0) is 20.1. The Labute approximate surface area is 177 Å². The standard InChI is InChI=1S/2C7H6.C6H14O6.2O.Ti/c2*1-7-5-3-2-4-6-7;7-1-3(9)5(11)6(12)4(10)2-8;;;/h2*1-6H;3-12H,1-2H2;;;/q;;;2*-2;+4/t;;3-,4+,5-,6-;;;/m..1.../s1. The summed E-state index contributed by atoms with van der Waals surface area (Å²) >= 11 is -0.114. The van der Waals surface area contributed by atoms with Crippen molar-refractivity contribution in [1.29, 1.82) is 0 Å². The average molecular weight is 442 g/mol. The van der Waals surface area contributed by atoms with Crippen LogP contribution in [0.5, 0.6) is 0 Å². The molecule has 2 rings (SSSR count). The minimum Gasteiger partial charge on any atom is -2.00 e. The predicted molar refractivity (Wildman–Crippen MR) is 103 cm³/mol. The molecule has 0 saturated carbocycles. The van der Waals surface area contributed by atoms with E-state index in [1.54, 1.807) is 0 Å². The molecule has 9 heteroatoms. The van der Waals surface area contributed by atoms with Crippen molar-refractivity contribution in [3.05, 3.63) is 71.8 Å². The van der Waals surface area contributed by atoms with Crippen LogP contribution < -0.4 is 0 Å². The summed E-state index contributed by atoms with van der Waals surface area (Å²) in [6.45, 7) is -1.45. The van der Waals surface area contributed by atoms with Gasteiger partial charge in [0.25, 0.3) is 0 Å². The molecule has 158 valence electrons. The Morgan fingerprint density at radius 2 is 0.931 bits per heavy atom. The van der Waals surface area contributed by atoms with E-state index in [0.717, 1.165) is 0 Å². The molecule has 29 heavy (non-hydrogen) atoms. The van der Waals surface area contributed by atoms with Crippen LogP contribution in [0.25, 0.3) is 0 Å². The first-order chi connectivity index (χ1) is 13.0. The maximum atomic E-state index is 8.96. The van der Waals surface area contributed by atoms with Crippen LogP contribution in [0.15, 0.2) is 60.7 Å². The summed E-state index contributed by atoms with van der Waals surface area (Å²) in [6.07, 6.45) is -6.39. The van der Waals surface area contributed by atoms with Crippen molar-refractivity contribution in [3.8, 4) is 0 Å². The van der Waals surface area contributed by atoms with Gasteiger partial charge in [0.05, 0.1) is 13.2 Å². The number of aliphatic hydroxyl groups excluding tert-OH is 6. The Balaban J connectivity index is 0. The monoisotopic (exact) mass is 442 g/mol. The molecule has 0 heterocycles. The second-order valence-electron chi connectivity index (χ2n) is 5.76. The van der Waals surface area contributed by atoms with Crippen molar-refractivity contribution in [2.24, 2.45) is 0 Å². The minimum absolute atomic E-state index is 0. The molecule has 2 aromatic carbocycles. The summed E-state index contributed by atoms with van der Waals surface area (Å²) in [5.41, 5.74) is 2.68. The van der Waals surface area contributed by atoms with E-state index >= 15 is 0 Å². The molecule has 0 aliphatic rings. The molecule has 0 radical (unpaired) electrons. The number of hydrogen-bond donors (Lipinski definition) is 6. The third kappa shape index (κ3) is 12.0. The summed E-state index contributed by atoms with van der Waals surface area (Å²) in [6, 6.07) is 21.1. The van der Waals surface area contributed by atoms with Crippen molar-refractivity contribution in [2.75, 3.05) is 13.2 Å². The maximum Gasteiger partial charge on any atom is -2.00 e. The van der Waals surface area contributed by atoms with E-state index in [0.29, 0.717) is 0 Å². The number of hydrogen-bond acceptors (Lipinski definition) is 6. The SMILES string of the molecule is OC[C@@H](O)[C@@H](O)[C@H](O)[C@@H](O)CO.[CH](=[Ti+4]=[CH]c1ccccc1)c1ccccc1.[O-2].[O-2]. The van der Waals surface area contributed by atoms with Crippen LogP contribution in [0.1, 0.15) is 11.1 Å². The van der Waals surface area contributed by atoms with Gasteiger partial charge in [-0.15, -0.1) is 0 Å². The smallest absolute Gasteiger partial charge is 2.00 e. The van der Waals surface area contributed by atoms with Crippen LogP contribution in [-0.2, 0) is 29.2 Å². The molecule has 0 aliphatic carbocycles. The zero-order valence-electron chi connectivity index (χ0n) is 15.7. The van der Waals surface area contributed by atoms with Gasteiger partial charge in [-0.1, -0.05) is 0 Å². The van der Waals surface area contributed by atoms with Crippen LogP contribution in [0.3, 0.4) is 0 Å². The molecule has 0 bridgehead atoms. The van der Waals surface area contributed by atoms with E-state index in [4.69, 9.17) is 30.6 Å². The fourth-order valence-corrected chi connectivity index (χ4v) is 3.34. The van der Waals surface area contributed by atoms with Crippen molar-refractivity contribution >= 4 is 8.63 Å². The number of rotatable bonds is 7. The average Bonchev–Trinajstić information content (AvgIpc) is 2.73. The van der Waals surface area contributed by atoms with Gasteiger partial charge in [-0.2, -0.15) is 0 Å². The van der Waals surface area contributed by atoms with Crippen molar-refractivity contribution in [1.82, 2.24) is 0 Å². The molecule has 0 spiro atoms. The van der Waals surface area contributed by atoms with Gasteiger partial charge in [-0.05, 0) is 0 Å². The molecular weight excluding hydrogens is 416 g/mol. The second-order valence-corrected chi connectivity index (χ2v) is 7.18. The Kier molecular flexibility index (Phi) is 17.9. The quantitative estimate of drug-likeness (QED) is 0.298. The molecule has 0 amide bonds. The fraction of sp³-hybridized carbons (Fsp3) is 0.300.